The Morgan fingerprint density at radius 2 is 2.05 bits per heavy atom. The summed E-state index contributed by atoms with van der Waals surface area (Å²) < 4.78 is 15.3. The van der Waals surface area contributed by atoms with Gasteiger partial charge in [0.2, 0.25) is 0 Å². The zero-order chi connectivity index (χ0) is 14.1. The van der Waals surface area contributed by atoms with Crippen molar-refractivity contribution >= 4 is 11.5 Å². The smallest absolute Gasteiger partial charge is 0.331 e. The standard InChI is InChI=1S/C11H17N3O5/c1-12-10-4-3-9(14(15)16)11(13-10)19-8-7-18-6-5-17-2/h3-4H,5-8H2,1-2H3,(H,12,13). The van der Waals surface area contributed by atoms with E-state index in [2.05, 4.69) is 10.3 Å². The van der Waals surface area contributed by atoms with E-state index in [1.54, 1.807) is 14.2 Å². The Morgan fingerprint density at radius 1 is 1.32 bits per heavy atom. The largest absolute Gasteiger partial charge is 0.470 e. The van der Waals surface area contributed by atoms with Gasteiger partial charge in [0.25, 0.3) is 5.88 Å². The van der Waals surface area contributed by atoms with Crippen LogP contribution in [-0.2, 0) is 9.47 Å². The molecule has 0 aliphatic heterocycles. The lowest BCUT2D eigenvalue weighted by molar-refractivity contribution is -0.386. The van der Waals surface area contributed by atoms with Gasteiger partial charge in [-0.05, 0) is 6.07 Å². The number of pyridine rings is 1. The normalized spacial score (nSPS) is 10.2. The predicted octanol–water partition coefficient (Wildman–Crippen LogP) is 1.07. The molecule has 0 saturated heterocycles. The molecule has 1 heterocycles. The van der Waals surface area contributed by atoms with Gasteiger partial charge in [-0.1, -0.05) is 0 Å². The number of hydrogen-bond acceptors (Lipinski definition) is 7. The third-order valence-electron chi connectivity index (χ3n) is 2.19. The first-order chi connectivity index (χ1) is 9.19. The summed E-state index contributed by atoms with van der Waals surface area (Å²) in [6, 6.07) is 2.86. The minimum Gasteiger partial charge on any atom is -0.470 e. The zero-order valence-corrected chi connectivity index (χ0v) is 10.9. The predicted molar refractivity (Wildman–Crippen MR) is 68.6 cm³/mol. The quantitative estimate of drug-likeness (QED) is 0.407. The molecular weight excluding hydrogens is 254 g/mol. The molecule has 0 spiro atoms. The van der Waals surface area contributed by atoms with Crippen LogP contribution in [0.1, 0.15) is 0 Å². The first kappa shape index (κ1) is 15.1. The molecule has 1 rings (SSSR count). The van der Waals surface area contributed by atoms with Crippen molar-refractivity contribution in [2.45, 2.75) is 0 Å². The summed E-state index contributed by atoms with van der Waals surface area (Å²) in [6.07, 6.45) is 0. The Balaban J connectivity index is 2.52. The van der Waals surface area contributed by atoms with Crippen LogP contribution in [0.4, 0.5) is 11.5 Å². The second kappa shape index (κ2) is 8.22. The number of nitrogens with zero attached hydrogens (tertiary/aromatic N) is 2. The van der Waals surface area contributed by atoms with E-state index in [9.17, 15) is 10.1 Å². The number of hydrogen-bond donors (Lipinski definition) is 1. The molecule has 106 valence electrons. The van der Waals surface area contributed by atoms with Crippen molar-refractivity contribution in [3.63, 3.8) is 0 Å². The van der Waals surface area contributed by atoms with Crippen molar-refractivity contribution in [1.82, 2.24) is 4.98 Å². The molecular formula is C11H17N3O5. The molecule has 8 nitrogen and oxygen atoms in total. The first-order valence-corrected chi connectivity index (χ1v) is 5.71. The molecule has 0 amide bonds. The molecule has 0 aromatic carbocycles. The topological polar surface area (TPSA) is 95.8 Å². The number of aromatic nitrogens is 1. The molecule has 0 aliphatic carbocycles. The highest BCUT2D eigenvalue weighted by Crippen LogP contribution is 2.25. The fourth-order valence-electron chi connectivity index (χ4n) is 1.26. The van der Waals surface area contributed by atoms with Crippen LogP contribution in [-0.4, -0.2) is 50.5 Å². The molecule has 0 fully saturated rings. The molecule has 0 radical (unpaired) electrons. The molecule has 1 aromatic rings. The van der Waals surface area contributed by atoms with Gasteiger partial charge in [-0.25, -0.2) is 0 Å². The minimum absolute atomic E-state index is 0.0211. The highest BCUT2D eigenvalue weighted by Gasteiger charge is 2.17. The minimum atomic E-state index is -0.534. The van der Waals surface area contributed by atoms with Crippen LogP contribution < -0.4 is 10.1 Å². The Hall–Kier alpha value is -1.93. The van der Waals surface area contributed by atoms with Gasteiger partial charge in [-0.15, -0.1) is 0 Å². The van der Waals surface area contributed by atoms with Crippen molar-refractivity contribution in [3.05, 3.63) is 22.2 Å². The van der Waals surface area contributed by atoms with Crippen LogP contribution in [0.3, 0.4) is 0 Å². The highest BCUT2D eigenvalue weighted by molar-refractivity contribution is 5.48. The van der Waals surface area contributed by atoms with E-state index < -0.39 is 4.92 Å². The maximum absolute atomic E-state index is 10.8. The van der Waals surface area contributed by atoms with E-state index in [1.807, 2.05) is 0 Å². The van der Waals surface area contributed by atoms with Crippen LogP contribution in [0.15, 0.2) is 12.1 Å². The summed E-state index contributed by atoms with van der Waals surface area (Å²) in [6.45, 7) is 1.44. The Labute approximate surface area is 110 Å². The van der Waals surface area contributed by atoms with E-state index in [0.29, 0.717) is 25.6 Å². The van der Waals surface area contributed by atoms with E-state index in [-0.39, 0.29) is 18.2 Å². The van der Waals surface area contributed by atoms with E-state index >= 15 is 0 Å². The van der Waals surface area contributed by atoms with Gasteiger partial charge in [0.05, 0.1) is 24.7 Å². The fourth-order valence-corrected chi connectivity index (χ4v) is 1.26. The zero-order valence-electron chi connectivity index (χ0n) is 10.9. The van der Waals surface area contributed by atoms with Crippen molar-refractivity contribution in [1.29, 1.82) is 0 Å². The number of rotatable bonds is 9. The van der Waals surface area contributed by atoms with Crippen molar-refractivity contribution in [2.24, 2.45) is 0 Å². The van der Waals surface area contributed by atoms with E-state index in [1.165, 1.54) is 12.1 Å². The molecule has 0 saturated carbocycles. The maximum atomic E-state index is 10.8. The van der Waals surface area contributed by atoms with E-state index in [0.717, 1.165) is 0 Å². The second-order valence-electron chi connectivity index (χ2n) is 3.48. The molecule has 1 aromatic heterocycles. The van der Waals surface area contributed by atoms with E-state index in [4.69, 9.17) is 14.2 Å². The Kier molecular flexibility index (Phi) is 6.55. The van der Waals surface area contributed by atoms with Gasteiger partial charge < -0.3 is 19.5 Å². The van der Waals surface area contributed by atoms with Crippen LogP contribution in [0.5, 0.6) is 5.88 Å². The number of nitrogens with one attached hydrogen (secondary N) is 1. The van der Waals surface area contributed by atoms with Gasteiger partial charge in [-0.3, -0.25) is 10.1 Å². The third kappa shape index (κ3) is 5.06. The fraction of sp³-hybridized carbons (Fsp3) is 0.545. The lowest BCUT2D eigenvalue weighted by atomic mass is 10.4. The summed E-state index contributed by atoms with van der Waals surface area (Å²) >= 11 is 0. The number of nitro groups is 1. The summed E-state index contributed by atoms with van der Waals surface area (Å²) in [7, 11) is 3.25. The number of anilines is 1. The lowest BCUT2D eigenvalue weighted by Gasteiger charge is -2.08. The third-order valence-corrected chi connectivity index (χ3v) is 2.19. The summed E-state index contributed by atoms with van der Waals surface area (Å²) in [5.74, 6) is 0.480. The molecule has 1 N–H and O–H groups in total. The Bertz CT molecular complexity index is 413. The SMILES string of the molecule is CNc1ccc([N+](=O)[O-])c(OCCOCCOC)n1. The maximum Gasteiger partial charge on any atom is 0.331 e. The number of methoxy groups -OCH3 is 1. The highest BCUT2D eigenvalue weighted by atomic mass is 16.6. The van der Waals surface area contributed by atoms with Gasteiger partial charge in [0, 0.05) is 20.2 Å². The Morgan fingerprint density at radius 3 is 2.68 bits per heavy atom. The molecule has 0 bridgehead atoms. The van der Waals surface area contributed by atoms with Crippen LogP contribution in [0, 0.1) is 10.1 Å². The summed E-state index contributed by atoms with van der Waals surface area (Å²) in [4.78, 5) is 14.3. The van der Waals surface area contributed by atoms with Crippen LogP contribution >= 0.6 is 0 Å². The molecule has 8 heteroatoms. The average Bonchev–Trinajstić information content (AvgIpc) is 2.42. The van der Waals surface area contributed by atoms with Gasteiger partial charge in [-0.2, -0.15) is 4.98 Å². The summed E-state index contributed by atoms with van der Waals surface area (Å²) in [5, 5.41) is 13.6. The monoisotopic (exact) mass is 271 g/mol. The van der Waals surface area contributed by atoms with Crippen molar-refractivity contribution in [3.8, 4) is 5.88 Å². The lowest BCUT2D eigenvalue weighted by Crippen LogP contribution is -2.11. The molecule has 0 atom stereocenters. The molecule has 0 aliphatic rings. The number of ether oxygens (including phenoxy) is 3. The van der Waals surface area contributed by atoms with Crippen molar-refractivity contribution in [2.75, 3.05) is 45.9 Å². The average molecular weight is 271 g/mol. The molecule has 0 unspecified atom stereocenters. The van der Waals surface area contributed by atoms with Gasteiger partial charge in [0.15, 0.2) is 0 Å². The van der Waals surface area contributed by atoms with Gasteiger partial charge in [0.1, 0.15) is 12.4 Å². The van der Waals surface area contributed by atoms with Gasteiger partial charge >= 0.3 is 5.69 Å². The first-order valence-electron chi connectivity index (χ1n) is 5.71. The summed E-state index contributed by atoms with van der Waals surface area (Å²) in [5.41, 5.74) is -0.170. The van der Waals surface area contributed by atoms with Crippen LogP contribution in [0.25, 0.3) is 0 Å². The van der Waals surface area contributed by atoms with Crippen molar-refractivity contribution < 1.29 is 19.1 Å². The molecule has 19 heavy (non-hydrogen) atoms. The van der Waals surface area contributed by atoms with Crippen LogP contribution in [0.2, 0.25) is 0 Å². The second-order valence-corrected chi connectivity index (χ2v) is 3.48.